The molecular weight excluding hydrogens is 188 g/mol. The summed E-state index contributed by atoms with van der Waals surface area (Å²) in [6.07, 6.45) is 4.24. The summed E-state index contributed by atoms with van der Waals surface area (Å²) in [5.74, 6) is -1.13. The van der Waals surface area contributed by atoms with E-state index in [0.717, 1.165) is 18.4 Å². The Morgan fingerprint density at radius 3 is 2.60 bits per heavy atom. The largest absolute Gasteiger partial charge is 0.481 e. The molecule has 0 aliphatic carbocycles. The van der Waals surface area contributed by atoms with Crippen LogP contribution in [0.4, 0.5) is 0 Å². The first-order valence-corrected chi connectivity index (χ1v) is 5.14. The van der Waals surface area contributed by atoms with Crippen LogP contribution in [0, 0.1) is 0 Å². The molecule has 0 aliphatic rings. The Balaban J connectivity index is 2.66. The van der Waals surface area contributed by atoms with Crippen molar-refractivity contribution >= 4 is 5.97 Å². The van der Waals surface area contributed by atoms with Gasteiger partial charge in [0.1, 0.15) is 0 Å². The first kappa shape index (κ1) is 11.5. The van der Waals surface area contributed by atoms with Gasteiger partial charge in [0.05, 0.1) is 5.92 Å². The monoisotopic (exact) mass is 204 g/mol. The molecule has 0 heterocycles. The third-order valence-corrected chi connectivity index (χ3v) is 2.40. The minimum atomic E-state index is -0.745. The highest BCUT2D eigenvalue weighted by Gasteiger charge is 2.18. The summed E-state index contributed by atoms with van der Waals surface area (Å²) in [5, 5.41) is 9.10. The van der Waals surface area contributed by atoms with E-state index in [1.165, 1.54) is 0 Å². The second kappa shape index (κ2) is 6.02. The van der Waals surface area contributed by atoms with Crippen molar-refractivity contribution in [3.8, 4) is 0 Å². The number of hydrogen-bond acceptors (Lipinski definition) is 1. The number of carboxylic acid groups (broad SMARTS) is 1. The van der Waals surface area contributed by atoms with Gasteiger partial charge in [0.2, 0.25) is 0 Å². The molecule has 1 rings (SSSR count). The lowest BCUT2D eigenvalue weighted by atomic mass is 9.94. The van der Waals surface area contributed by atoms with Crippen LogP contribution in [0.3, 0.4) is 0 Å². The summed E-state index contributed by atoms with van der Waals surface area (Å²) in [5.41, 5.74) is 0.883. The fourth-order valence-corrected chi connectivity index (χ4v) is 1.58. The quantitative estimate of drug-likeness (QED) is 0.570. The van der Waals surface area contributed by atoms with E-state index in [4.69, 9.17) is 5.11 Å². The van der Waals surface area contributed by atoms with Gasteiger partial charge in [-0.3, -0.25) is 4.79 Å². The van der Waals surface area contributed by atoms with E-state index in [0.29, 0.717) is 6.42 Å². The summed E-state index contributed by atoms with van der Waals surface area (Å²) in [7, 11) is 0. The Kier molecular flexibility index (Phi) is 4.61. The van der Waals surface area contributed by atoms with E-state index >= 15 is 0 Å². The van der Waals surface area contributed by atoms with Gasteiger partial charge in [-0.25, -0.2) is 0 Å². The van der Waals surface area contributed by atoms with Crippen molar-refractivity contribution < 1.29 is 9.90 Å². The molecule has 15 heavy (non-hydrogen) atoms. The fraction of sp³-hybridized carbons (Fsp3) is 0.308. The topological polar surface area (TPSA) is 37.3 Å². The lowest BCUT2D eigenvalue weighted by Gasteiger charge is -2.11. The fourth-order valence-electron chi connectivity index (χ4n) is 1.58. The van der Waals surface area contributed by atoms with Crippen LogP contribution < -0.4 is 0 Å². The lowest BCUT2D eigenvalue weighted by Crippen LogP contribution is -2.11. The van der Waals surface area contributed by atoms with Crippen LogP contribution in [-0.2, 0) is 4.79 Å². The average Bonchev–Trinajstić information content (AvgIpc) is 2.25. The lowest BCUT2D eigenvalue weighted by molar-refractivity contribution is -0.139. The van der Waals surface area contributed by atoms with Crippen molar-refractivity contribution in [3.05, 3.63) is 48.6 Å². The van der Waals surface area contributed by atoms with E-state index < -0.39 is 5.97 Å². The summed E-state index contributed by atoms with van der Waals surface area (Å²) >= 11 is 0. The van der Waals surface area contributed by atoms with Gasteiger partial charge in [0.25, 0.3) is 0 Å². The number of allylic oxidation sites excluding steroid dienone is 1. The second-order valence-corrected chi connectivity index (χ2v) is 3.52. The third kappa shape index (κ3) is 3.58. The number of hydrogen-bond donors (Lipinski definition) is 1. The second-order valence-electron chi connectivity index (χ2n) is 3.52. The van der Waals surface area contributed by atoms with Crippen LogP contribution in [-0.4, -0.2) is 11.1 Å². The van der Waals surface area contributed by atoms with Crippen molar-refractivity contribution in [1.82, 2.24) is 0 Å². The predicted octanol–water partition coefficient (Wildman–Crippen LogP) is 3.21. The van der Waals surface area contributed by atoms with Gasteiger partial charge in [-0.15, -0.1) is 6.58 Å². The third-order valence-electron chi connectivity index (χ3n) is 2.40. The van der Waals surface area contributed by atoms with Crippen molar-refractivity contribution in [2.45, 2.75) is 25.2 Å². The molecule has 0 saturated heterocycles. The molecule has 2 nitrogen and oxygen atoms in total. The standard InChI is InChI=1S/C13H16O2/c1-2-3-5-10-12(13(14)15)11-8-6-4-7-9-11/h2,4,6-9,12H,1,3,5,10H2,(H,14,15). The highest BCUT2D eigenvalue weighted by atomic mass is 16.4. The molecule has 0 saturated carbocycles. The normalized spacial score (nSPS) is 12.0. The molecule has 80 valence electrons. The maximum Gasteiger partial charge on any atom is 0.310 e. The molecule has 1 aromatic rings. The van der Waals surface area contributed by atoms with Gasteiger partial charge in [-0.2, -0.15) is 0 Å². The van der Waals surface area contributed by atoms with E-state index in [1.54, 1.807) is 0 Å². The van der Waals surface area contributed by atoms with Gasteiger partial charge < -0.3 is 5.11 Å². The van der Waals surface area contributed by atoms with Crippen LogP contribution in [0.1, 0.15) is 30.7 Å². The summed E-state index contributed by atoms with van der Waals surface area (Å²) < 4.78 is 0. The zero-order valence-electron chi connectivity index (χ0n) is 8.73. The van der Waals surface area contributed by atoms with Gasteiger partial charge in [-0.05, 0) is 24.8 Å². The average molecular weight is 204 g/mol. The van der Waals surface area contributed by atoms with Gasteiger partial charge in [0.15, 0.2) is 0 Å². The molecule has 1 N–H and O–H groups in total. The molecule has 2 heteroatoms. The summed E-state index contributed by atoms with van der Waals surface area (Å²) in [6, 6.07) is 9.38. The number of carbonyl (C=O) groups is 1. The molecule has 0 aliphatic heterocycles. The van der Waals surface area contributed by atoms with E-state index in [1.807, 2.05) is 36.4 Å². The Morgan fingerprint density at radius 1 is 1.40 bits per heavy atom. The minimum absolute atomic E-state index is 0.383. The highest BCUT2D eigenvalue weighted by molar-refractivity contribution is 5.75. The maximum atomic E-state index is 11.1. The Labute approximate surface area is 90.3 Å². The van der Waals surface area contributed by atoms with Crippen LogP contribution in [0.2, 0.25) is 0 Å². The Morgan fingerprint density at radius 2 is 2.07 bits per heavy atom. The van der Waals surface area contributed by atoms with E-state index in [2.05, 4.69) is 6.58 Å². The molecule has 0 aromatic heterocycles. The molecule has 0 radical (unpaired) electrons. The number of carboxylic acids is 1. The van der Waals surface area contributed by atoms with Gasteiger partial charge >= 0.3 is 5.97 Å². The Bertz CT molecular complexity index is 317. The van der Waals surface area contributed by atoms with Crippen molar-refractivity contribution in [2.24, 2.45) is 0 Å². The highest BCUT2D eigenvalue weighted by Crippen LogP contribution is 2.22. The maximum absolute atomic E-state index is 11.1. The van der Waals surface area contributed by atoms with Crippen LogP contribution in [0.5, 0.6) is 0 Å². The Hall–Kier alpha value is -1.57. The first-order chi connectivity index (χ1) is 7.25. The molecule has 1 unspecified atom stereocenters. The van der Waals surface area contributed by atoms with E-state index in [-0.39, 0.29) is 5.92 Å². The molecule has 1 atom stereocenters. The van der Waals surface area contributed by atoms with Crippen molar-refractivity contribution in [2.75, 3.05) is 0 Å². The molecule has 0 amide bonds. The van der Waals surface area contributed by atoms with Crippen LogP contribution >= 0.6 is 0 Å². The zero-order chi connectivity index (χ0) is 11.1. The zero-order valence-corrected chi connectivity index (χ0v) is 8.73. The van der Waals surface area contributed by atoms with E-state index in [9.17, 15) is 4.79 Å². The molecule has 0 bridgehead atoms. The first-order valence-electron chi connectivity index (χ1n) is 5.14. The predicted molar refractivity (Wildman–Crippen MR) is 60.9 cm³/mol. The molecule has 0 fully saturated rings. The van der Waals surface area contributed by atoms with Crippen LogP contribution in [0.25, 0.3) is 0 Å². The number of rotatable bonds is 6. The number of unbranched alkanes of at least 4 members (excludes halogenated alkanes) is 1. The van der Waals surface area contributed by atoms with Crippen LogP contribution in [0.15, 0.2) is 43.0 Å². The summed E-state index contributed by atoms with van der Waals surface area (Å²) in [4.78, 5) is 11.1. The molecular formula is C13H16O2. The SMILES string of the molecule is C=CCCCC(C(=O)O)c1ccccc1. The van der Waals surface area contributed by atoms with Gasteiger partial charge in [-0.1, -0.05) is 36.4 Å². The minimum Gasteiger partial charge on any atom is -0.481 e. The number of aliphatic carboxylic acids is 1. The van der Waals surface area contributed by atoms with Crippen molar-refractivity contribution in [3.63, 3.8) is 0 Å². The molecule has 0 spiro atoms. The number of benzene rings is 1. The van der Waals surface area contributed by atoms with Gasteiger partial charge in [0, 0.05) is 0 Å². The van der Waals surface area contributed by atoms with Crippen molar-refractivity contribution in [1.29, 1.82) is 0 Å². The smallest absolute Gasteiger partial charge is 0.310 e. The summed E-state index contributed by atoms with van der Waals surface area (Å²) in [6.45, 7) is 3.63. The molecule has 1 aromatic carbocycles.